The van der Waals surface area contributed by atoms with Crippen LogP contribution < -0.4 is 0 Å². The van der Waals surface area contributed by atoms with Crippen LogP contribution in [-0.2, 0) is 9.47 Å². The lowest BCUT2D eigenvalue weighted by atomic mass is 9.97. The van der Waals surface area contributed by atoms with E-state index in [1.807, 2.05) is 84.3 Å². The van der Waals surface area contributed by atoms with Crippen molar-refractivity contribution in [1.82, 2.24) is 4.98 Å². The van der Waals surface area contributed by atoms with Gasteiger partial charge in [-0.05, 0) is 90.1 Å². The maximum absolute atomic E-state index is 12.2. The zero-order valence-electron chi connectivity index (χ0n) is 26.2. The summed E-state index contributed by atoms with van der Waals surface area (Å²) in [5, 5.41) is 2.71. The summed E-state index contributed by atoms with van der Waals surface area (Å²) in [6, 6.07) is 14.5. The Balaban J connectivity index is 1.34. The lowest BCUT2D eigenvalue weighted by Gasteiger charge is -2.11. The minimum Gasteiger partial charge on any atom is -0.465 e. The zero-order valence-corrected chi connectivity index (χ0v) is 27.1. The summed E-state index contributed by atoms with van der Waals surface area (Å²) in [6.07, 6.45) is 19.4. The molecule has 5 aliphatic heterocycles. The van der Waals surface area contributed by atoms with Gasteiger partial charge in [-0.15, -0.1) is 11.3 Å². The summed E-state index contributed by atoms with van der Waals surface area (Å²) in [7, 11) is 2.73. The van der Waals surface area contributed by atoms with Crippen LogP contribution in [0.15, 0.2) is 158 Å². The summed E-state index contributed by atoms with van der Waals surface area (Å²) in [6.45, 7) is 0. The van der Waals surface area contributed by atoms with Gasteiger partial charge in [-0.1, -0.05) is 24.3 Å². The number of benzene rings is 2. The van der Waals surface area contributed by atoms with Crippen molar-refractivity contribution < 1.29 is 19.1 Å². The van der Waals surface area contributed by atoms with Crippen LogP contribution in [0.25, 0.3) is 16.7 Å². The molecule has 2 aromatic carbocycles. The Hall–Kier alpha value is -6.39. The van der Waals surface area contributed by atoms with Crippen LogP contribution in [0.1, 0.15) is 36.9 Å². The Kier molecular flexibility index (Phi) is 7.54. The fourth-order valence-corrected chi connectivity index (χ4v) is 6.66. The maximum atomic E-state index is 12.2. The maximum Gasteiger partial charge on any atom is 0.337 e. The second-order valence-electron chi connectivity index (χ2n) is 11.2. The van der Waals surface area contributed by atoms with E-state index >= 15 is 0 Å². The van der Waals surface area contributed by atoms with Crippen LogP contribution in [-0.4, -0.2) is 54.0 Å². The Morgan fingerprint density at radius 3 is 1.65 bits per heavy atom. The summed E-state index contributed by atoms with van der Waals surface area (Å²) < 4.78 is 9.82. The smallest absolute Gasteiger partial charge is 0.337 e. The molecule has 6 heterocycles. The van der Waals surface area contributed by atoms with E-state index in [-0.39, 0.29) is 0 Å². The standard InChI is InChI=1S/C39H25N5O4S/c1-47-38(45)24-7-3-22(4-8-24)34-28-13-11-26(41-28)21-27-12-14-29(42-27)35(23-5-9-25(10-6-23)39(46)48-2)31-16-18-33(44-31)36(37-40-19-20-49-37)32-17-15-30(34)43-32/h3-21H,1-2H3. The molecule has 0 saturated carbocycles. The number of hydrogen-bond donors (Lipinski definition) is 0. The molecular formula is C39H25N5O4S. The van der Waals surface area contributed by atoms with E-state index < -0.39 is 11.9 Å². The molecule has 0 N–H and O–H groups in total. The van der Waals surface area contributed by atoms with Gasteiger partial charge in [0.2, 0.25) is 0 Å². The summed E-state index contributed by atoms with van der Waals surface area (Å²) in [5.74, 6) is -0.813. The van der Waals surface area contributed by atoms with Crippen molar-refractivity contribution in [3.8, 4) is 0 Å². The van der Waals surface area contributed by atoms with Crippen molar-refractivity contribution in [2.45, 2.75) is 0 Å². The van der Waals surface area contributed by atoms with Gasteiger partial charge in [0.15, 0.2) is 0 Å². The van der Waals surface area contributed by atoms with E-state index in [1.165, 1.54) is 25.6 Å². The monoisotopic (exact) mass is 659 g/mol. The van der Waals surface area contributed by atoms with Gasteiger partial charge < -0.3 is 9.47 Å². The van der Waals surface area contributed by atoms with E-state index in [4.69, 9.17) is 29.4 Å². The fourth-order valence-electron chi connectivity index (χ4n) is 5.96. The summed E-state index contributed by atoms with van der Waals surface area (Å²) in [5.41, 5.74) is 10.8. The lowest BCUT2D eigenvalue weighted by Crippen LogP contribution is -2.04. The molecular weight excluding hydrogens is 635 g/mol. The van der Waals surface area contributed by atoms with Gasteiger partial charge in [0, 0.05) is 22.7 Å². The largest absolute Gasteiger partial charge is 0.465 e. The van der Waals surface area contributed by atoms with Crippen molar-refractivity contribution in [3.05, 3.63) is 165 Å². The minimum atomic E-state index is -0.406. The van der Waals surface area contributed by atoms with Crippen LogP contribution >= 0.6 is 11.3 Å². The fraction of sp³-hybridized carbons (Fsp3) is 0.0513. The Bertz CT molecular complexity index is 2280. The van der Waals surface area contributed by atoms with Crippen LogP contribution in [0.3, 0.4) is 0 Å². The molecule has 0 atom stereocenters. The van der Waals surface area contributed by atoms with Crippen molar-refractivity contribution in [3.63, 3.8) is 0 Å². The third kappa shape index (κ3) is 5.53. The van der Waals surface area contributed by atoms with Gasteiger partial charge >= 0.3 is 11.9 Å². The molecule has 1 aromatic heterocycles. The first-order chi connectivity index (χ1) is 24.0. The molecule has 0 saturated heterocycles. The topological polar surface area (TPSA) is 115 Å². The van der Waals surface area contributed by atoms with Gasteiger partial charge in [-0.3, -0.25) is 0 Å². The number of carbonyl (C=O) groups is 2. The first kappa shape index (κ1) is 30.0. The van der Waals surface area contributed by atoms with Crippen LogP contribution in [0, 0.1) is 0 Å². The minimum absolute atomic E-state index is 0.406. The van der Waals surface area contributed by atoms with Gasteiger partial charge in [0.05, 0.1) is 76.6 Å². The number of allylic oxidation sites excluding steroid dienone is 12. The first-order valence-electron chi connectivity index (χ1n) is 15.3. The molecule has 236 valence electrons. The van der Waals surface area contributed by atoms with E-state index in [0.29, 0.717) is 33.9 Å². The van der Waals surface area contributed by atoms with E-state index in [0.717, 1.165) is 55.7 Å². The molecule has 5 aliphatic rings. The highest BCUT2D eigenvalue weighted by Gasteiger charge is 2.26. The summed E-state index contributed by atoms with van der Waals surface area (Å²) >= 11 is 1.51. The molecule has 0 aliphatic carbocycles. The predicted molar refractivity (Wildman–Crippen MR) is 193 cm³/mol. The number of fused-ring (bicyclic) bond motifs is 4. The number of rotatable bonds is 5. The van der Waals surface area contributed by atoms with Crippen molar-refractivity contribution >= 4 is 62.8 Å². The Labute approximate surface area is 285 Å². The molecule has 0 amide bonds. The quantitative estimate of drug-likeness (QED) is 0.269. The van der Waals surface area contributed by atoms with Gasteiger partial charge in [-0.2, -0.15) is 0 Å². The van der Waals surface area contributed by atoms with E-state index in [9.17, 15) is 9.59 Å². The molecule has 10 heteroatoms. The molecule has 3 aromatic rings. The van der Waals surface area contributed by atoms with E-state index in [1.54, 1.807) is 30.5 Å². The molecule has 0 radical (unpaired) electrons. The molecule has 9 nitrogen and oxygen atoms in total. The highest BCUT2D eigenvalue weighted by Crippen LogP contribution is 2.36. The molecule has 8 bridgehead atoms. The predicted octanol–water partition coefficient (Wildman–Crippen LogP) is 7.19. The number of nitrogens with zero attached hydrogens (tertiary/aromatic N) is 5. The number of methoxy groups -OCH3 is 2. The van der Waals surface area contributed by atoms with Crippen LogP contribution in [0.4, 0.5) is 0 Å². The van der Waals surface area contributed by atoms with E-state index in [2.05, 4.69) is 4.98 Å². The second kappa shape index (κ2) is 12.3. The van der Waals surface area contributed by atoms with Crippen LogP contribution in [0.5, 0.6) is 0 Å². The van der Waals surface area contributed by atoms with Crippen LogP contribution in [0.2, 0.25) is 0 Å². The van der Waals surface area contributed by atoms with Gasteiger partial charge in [0.25, 0.3) is 0 Å². The molecule has 8 rings (SSSR count). The average Bonchev–Trinajstić information content (AvgIpc) is 3.98. The number of esters is 2. The average molecular weight is 660 g/mol. The Morgan fingerprint density at radius 2 is 1.08 bits per heavy atom. The molecule has 49 heavy (non-hydrogen) atoms. The Morgan fingerprint density at radius 1 is 0.571 bits per heavy atom. The van der Waals surface area contributed by atoms with Crippen molar-refractivity contribution in [1.29, 1.82) is 0 Å². The highest BCUT2D eigenvalue weighted by atomic mass is 32.1. The number of carbonyl (C=O) groups excluding carboxylic acids is 2. The first-order valence-corrected chi connectivity index (χ1v) is 16.2. The molecule has 0 spiro atoms. The van der Waals surface area contributed by atoms with Crippen molar-refractivity contribution in [2.24, 2.45) is 20.0 Å². The normalized spacial score (nSPS) is 17.4. The second-order valence-corrected chi connectivity index (χ2v) is 12.1. The van der Waals surface area contributed by atoms with Gasteiger partial charge in [-0.25, -0.2) is 34.5 Å². The lowest BCUT2D eigenvalue weighted by molar-refractivity contribution is 0.0592. The number of thiazole rings is 1. The number of ether oxygens (including phenoxy) is 2. The molecule has 0 unspecified atom stereocenters. The van der Waals surface area contributed by atoms with Crippen molar-refractivity contribution in [2.75, 3.05) is 14.2 Å². The molecule has 0 fully saturated rings. The zero-order chi connectivity index (χ0) is 33.5. The number of aromatic nitrogens is 1. The third-order valence-electron chi connectivity index (χ3n) is 8.27. The third-order valence-corrected chi connectivity index (χ3v) is 9.06. The highest BCUT2D eigenvalue weighted by molar-refractivity contribution is 7.11. The van der Waals surface area contributed by atoms with Gasteiger partial charge in [0.1, 0.15) is 5.01 Å². The number of hydrogen-bond acceptors (Lipinski definition) is 10. The SMILES string of the molecule is COC(=O)c1ccc(C2=C3C=CC(=N3)C=C3C=CC(=N3)C(c3ccc(C(=O)OC)cc3)=C3C=CC(=N3)C(c3nccs3)=C3C=CC2=N3)cc1. The summed E-state index contributed by atoms with van der Waals surface area (Å²) in [4.78, 5) is 49.3. The number of aliphatic imine (C=N–C) groups is 4.